The maximum Gasteiger partial charge on any atom is 0.338 e. The van der Waals surface area contributed by atoms with E-state index in [1.54, 1.807) is 31.2 Å². The summed E-state index contributed by atoms with van der Waals surface area (Å²) in [5.41, 5.74) is 3.12. The van der Waals surface area contributed by atoms with Crippen LogP contribution in [0.3, 0.4) is 0 Å². The van der Waals surface area contributed by atoms with Crippen LogP contribution in [0, 0.1) is 6.92 Å². The molecule has 2 aromatic carbocycles. The van der Waals surface area contributed by atoms with Crippen LogP contribution in [-0.2, 0) is 11.3 Å². The van der Waals surface area contributed by atoms with E-state index >= 15 is 0 Å². The number of rotatable bonds is 6. The molecule has 0 aliphatic heterocycles. The summed E-state index contributed by atoms with van der Waals surface area (Å²) in [5.74, 6) is 0.582. The quantitative estimate of drug-likeness (QED) is 0.481. The van der Waals surface area contributed by atoms with Gasteiger partial charge in [-0.2, -0.15) is 4.98 Å². The molecule has 0 aliphatic carbocycles. The Labute approximate surface area is 168 Å². The molecule has 0 saturated carbocycles. The van der Waals surface area contributed by atoms with Gasteiger partial charge in [0.15, 0.2) is 5.11 Å². The monoisotopic (exact) mass is 396 g/mol. The average molecular weight is 396 g/mol. The van der Waals surface area contributed by atoms with Crippen LogP contribution in [0.4, 0.5) is 5.69 Å². The lowest BCUT2D eigenvalue weighted by Crippen LogP contribution is -2.28. The van der Waals surface area contributed by atoms with Gasteiger partial charge in [-0.15, -0.1) is 0 Å². The van der Waals surface area contributed by atoms with Crippen molar-refractivity contribution in [3.05, 3.63) is 65.5 Å². The fourth-order valence-corrected chi connectivity index (χ4v) is 2.72. The van der Waals surface area contributed by atoms with Crippen molar-refractivity contribution in [1.29, 1.82) is 0 Å². The second-order valence-corrected chi connectivity index (χ2v) is 6.34. The van der Waals surface area contributed by atoms with Crippen LogP contribution >= 0.6 is 12.2 Å². The Morgan fingerprint density at radius 3 is 2.82 bits per heavy atom. The fourth-order valence-electron chi connectivity index (χ4n) is 2.53. The lowest BCUT2D eigenvalue weighted by molar-refractivity contribution is 0.0526. The second-order valence-electron chi connectivity index (χ2n) is 5.94. The molecular formula is C20H20N4O3S. The van der Waals surface area contributed by atoms with Crippen molar-refractivity contribution in [1.82, 2.24) is 15.5 Å². The summed E-state index contributed by atoms with van der Waals surface area (Å²) in [6, 6.07) is 14.7. The van der Waals surface area contributed by atoms with Crippen LogP contribution in [0.15, 0.2) is 53.1 Å². The third-order valence-electron chi connectivity index (χ3n) is 3.89. The molecule has 144 valence electrons. The van der Waals surface area contributed by atoms with Crippen LogP contribution < -0.4 is 10.6 Å². The number of anilines is 1. The van der Waals surface area contributed by atoms with Gasteiger partial charge in [0.1, 0.15) is 0 Å². The number of ether oxygens (including phenoxy) is 1. The Morgan fingerprint density at radius 2 is 2.04 bits per heavy atom. The normalized spacial score (nSPS) is 10.4. The first-order valence-electron chi connectivity index (χ1n) is 8.77. The first-order chi connectivity index (χ1) is 13.6. The van der Waals surface area contributed by atoms with E-state index in [4.69, 9.17) is 21.5 Å². The third-order valence-corrected chi connectivity index (χ3v) is 4.13. The highest BCUT2D eigenvalue weighted by Crippen LogP contribution is 2.19. The second kappa shape index (κ2) is 9.09. The van der Waals surface area contributed by atoms with Gasteiger partial charge in [-0.3, -0.25) is 0 Å². The number of carbonyl (C=O) groups excluding carboxylic acids is 1. The number of hydrogen-bond donors (Lipinski definition) is 2. The molecule has 7 nitrogen and oxygen atoms in total. The van der Waals surface area contributed by atoms with Gasteiger partial charge in [-0.25, -0.2) is 4.79 Å². The Kier molecular flexibility index (Phi) is 6.33. The van der Waals surface area contributed by atoms with E-state index in [0.717, 1.165) is 11.1 Å². The molecule has 28 heavy (non-hydrogen) atoms. The maximum atomic E-state index is 11.8. The number of hydrogen-bond acceptors (Lipinski definition) is 6. The zero-order valence-electron chi connectivity index (χ0n) is 15.6. The Hall–Kier alpha value is -3.26. The van der Waals surface area contributed by atoms with Crippen molar-refractivity contribution in [2.75, 3.05) is 11.9 Å². The molecule has 0 radical (unpaired) electrons. The van der Waals surface area contributed by atoms with Gasteiger partial charge in [-0.1, -0.05) is 35.5 Å². The van der Waals surface area contributed by atoms with Crippen molar-refractivity contribution in [2.24, 2.45) is 0 Å². The minimum atomic E-state index is -0.375. The molecule has 0 atom stereocenters. The minimum Gasteiger partial charge on any atom is -0.462 e. The van der Waals surface area contributed by atoms with Crippen molar-refractivity contribution in [3.8, 4) is 11.4 Å². The predicted octanol–water partition coefficient (Wildman–Crippen LogP) is 3.71. The molecule has 3 aromatic rings. The molecule has 0 fully saturated rings. The van der Waals surface area contributed by atoms with E-state index in [9.17, 15) is 4.79 Å². The number of carbonyl (C=O) groups is 1. The summed E-state index contributed by atoms with van der Waals surface area (Å²) in [4.78, 5) is 16.2. The Morgan fingerprint density at radius 1 is 1.21 bits per heavy atom. The molecule has 0 bridgehead atoms. The van der Waals surface area contributed by atoms with Gasteiger partial charge in [0.25, 0.3) is 0 Å². The van der Waals surface area contributed by atoms with Gasteiger partial charge in [0, 0.05) is 11.3 Å². The average Bonchev–Trinajstić information content (AvgIpc) is 3.16. The van der Waals surface area contributed by atoms with E-state index in [0.29, 0.717) is 34.7 Å². The van der Waals surface area contributed by atoms with Gasteiger partial charge in [0.05, 0.1) is 18.7 Å². The molecule has 1 heterocycles. The van der Waals surface area contributed by atoms with Gasteiger partial charge in [0.2, 0.25) is 11.7 Å². The number of nitrogens with zero attached hydrogens (tertiary/aromatic N) is 2. The van der Waals surface area contributed by atoms with E-state index in [1.165, 1.54) is 0 Å². The van der Waals surface area contributed by atoms with E-state index in [1.807, 2.05) is 31.2 Å². The Bertz CT molecular complexity index is 987. The highest BCUT2D eigenvalue weighted by Gasteiger charge is 2.11. The molecule has 0 aliphatic rings. The summed E-state index contributed by atoms with van der Waals surface area (Å²) >= 11 is 5.29. The molecule has 0 unspecified atom stereocenters. The highest BCUT2D eigenvalue weighted by molar-refractivity contribution is 7.80. The SMILES string of the molecule is CCOC(=O)c1cccc(NC(=S)NCc2nc(-c3ccccc3C)no2)c1. The zero-order valence-corrected chi connectivity index (χ0v) is 16.4. The summed E-state index contributed by atoms with van der Waals surface area (Å²) in [6.45, 7) is 4.36. The maximum absolute atomic E-state index is 11.8. The summed E-state index contributed by atoms with van der Waals surface area (Å²) in [6.07, 6.45) is 0. The van der Waals surface area contributed by atoms with Crippen LogP contribution in [0.25, 0.3) is 11.4 Å². The van der Waals surface area contributed by atoms with Crippen LogP contribution in [0.5, 0.6) is 0 Å². The lowest BCUT2D eigenvalue weighted by Gasteiger charge is -2.10. The number of benzene rings is 2. The molecule has 0 amide bonds. The van der Waals surface area contributed by atoms with E-state index < -0.39 is 0 Å². The van der Waals surface area contributed by atoms with Gasteiger partial charge in [-0.05, 0) is 49.8 Å². The molecule has 0 saturated heterocycles. The highest BCUT2D eigenvalue weighted by atomic mass is 32.1. The summed E-state index contributed by atoms with van der Waals surface area (Å²) in [7, 11) is 0. The molecule has 8 heteroatoms. The van der Waals surface area contributed by atoms with Gasteiger partial charge >= 0.3 is 5.97 Å². The number of thiocarbonyl (C=S) groups is 1. The summed E-state index contributed by atoms with van der Waals surface area (Å²) in [5, 5.41) is 10.4. The number of nitrogens with one attached hydrogen (secondary N) is 2. The smallest absolute Gasteiger partial charge is 0.338 e. The van der Waals surface area contributed by atoms with Crippen LogP contribution in [0.2, 0.25) is 0 Å². The third kappa shape index (κ3) is 4.92. The van der Waals surface area contributed by atoms with Crippen molar-refractivity contribution in [2.45, 2.75) is 20.4 Å². The van der Waals surface area contributed by atoms with Crippen molar-refractivity contribution >= 4 is 29.0 Å². The van der Waals surface area contributed by atoms with Crippen molar-refractivity contribution < 1.29 is 14.1 Å². The van der Waals surface area contributed by atoms with E-state index in [-0.39, 0.29) is 12.5 Å². The largest absolute Gasteiger partial charge is 0.462 e. The molecule has 3 rings (SSSR count). The first kappa shape index (κ1) is 19.5. The molecular weight excluding hydrogens is 376 g/mol. The van der Waals surface area contributed by atoms with Gasteiger partial charge < -0.3 is 19.9 Å². The number of aromatic nitrogens is 2. The first-order valence-corrected chi connectivity index (χ1v) is 9.18. The molecule has 1 aromatic heterocycles. The zero-order chi connectivity index (χ0) is 19.9. The minimum absolute atomic E-state index is 0.280. The number of aryl methyl sites for hydroxylation is 1. The molecule has 0 spiro atoms. The van der Waals surface area contributed by atoms with E-state index in [2.05, 4.69) is 20.8 Å². The standard InChI is InChI=1S/C20H20N4O3S/c1-3-26-19(25)14-8-6-9-15(11-14)22-20(28)21-12-17-23-18(24-27-17)16-10-5-4-7-13(16)2/h4-11H,3,12H2,1-2H3,(H2,21,22,28). The Balaban J connectivity index is 1.57. The molecule has 2 N–H and O–H groups in total. The summed E-state index contributed by atoms with van der Waals surface area (Å²) < 4.78 is 10.3. The topological polar surface area (TPSA) is 89.3 Å². The fraction of sp³-hybridized carbons (Fsp3) is 0.200. The van der Waals surface area contributed by atoms with Crippen molar-refractivity contribution in [3.63, 3.8) is 0 Å². The predicted molar refractivity (Wildman–Crippen MR) is 110 cm³/mol. The number of esters is 1. The lowest BCUT2D eigenvalue weighted by atomic mass is 10.1. The van der Waals surface area contributed by atoms with Crippen LogP contribution in [0.1, 0.15) is 28.7 Å². The van der Waals surface area contributed by atoms with Crippen LogP contribution in [-0.4, -0.2) is 27.8 Å².